The van der Waals surface area contributed by atoms with Crippen molar-refractivity contribution in [2.24, 2.45) is 0 Å². The van der Waals surface area contributed by atoms with E-state index in [9.17, 15) is 19.8 Å². The standard InChI is InChI=1S/C31H35NO8/c1-20(30(35)40-27(23-14-8-4-9-15-23)24-16-10-5-11-17-24)38-29-26(32-21(2)34)31(36)39-25(18-33)28(29)37-19-22-12-6-3-7-13-22/h3-17,20,25-29,31,33,36H,18-19H2,1-2H3,(H,32,34)/t20?,25-,26-,28-,29-,31-/m1/s1. The molecule has 4 rings (SSSR count). The van der Waals surface area contributed by atoms with Gasteiger partial charge in [-0.1, -0.05) is 91.0 Å². The minimum absolute atomic E-state index is 0.150. The van der Waals surface area contributed by atoms with Gasteiger partial charge in [0.2, 0.25) is 5.91 Å². The number of carbonyl (C=O) groups is 2. The first-order valence-corrected chi connectivity index (χ1v) is 13.2. The van der Waals surface area contributed by atoms with Gasteiger partial charge in [-0.2, -0.15) is 0 Å². The van der Waals surface area contributed by atoms with E-state index in [1.807, 2.05) is 91.0 Å². The topological polar surface area (TPSA) is 124 Å². The maximum Gasteiger partial charge on any atom is 0.335 e. The minimum Gasteiger partial charge on any atom is -0.451 e. The summed E-state index contributed by atoms with van der Waals surface area (Å²) in [6.45, 7) is 2.50. The molecule has 9 nitrogen and oxygen atoms in total. The number of nitrogens with one attached hydrogen (secondary N) is 1. The van der Waals surface area contributed by atoms with Crippen molar-refractivity contribution in [1.29, 1.82) is 0 Å². The molecule has 3 aromatic rings. The Balaban J connectivity index is 1.56. The van der Waals surface area contributed by atoms with Crippen LogP contribution in [0.3, 0.4) is 0 Å². The first kappa shape index (κ1) is 29.4. The van der Waals surface area contributed by atoms with Crippen LogP contribution < -0.4 is 5.32 Å². The summed E-state index contributed by atoms with van der Waals surface area (Å²) in [5.41, 5.74) is 2.44. The van der Waals surface area contributed by atoms with E-state index in [1.165, 1.54) is 13.8 Å². The quantitative estimate of drug-likeness (QED) is 0.312. The van der Waals surface area contributed by atoms with Gasteiger partial charge in [-0.05, 0) is 23.6 Å². The lowest BCUT2D eigenvalue weighted by Crippen LogP contribution is -2.66. The molecule has 40 heavy (non-hydrogen) atoms. The summed E-state index contributed by atoms with van der Waals surface area (Å²) >= 11 is 0. The number of hydrogen-bond donors (Lipinski definition) is 3. The van der Waals surface area contributed by atoms with Gasteiger partial charge in [-0.15, -0.1) is 0 Å². The number of esters is 1. The van der Waals surface area contributed by atoms with Gasteiger partial charge in [0, 0.05) is 6.92 Å². The molecule has 0 aromatic heterocycles. The molecule has 6 atom stereocenters. The fraction of sp³-hybridized carbons (Fsp3) is 0.355. The van der Waals surface area contributed by atoms with Crippen molar-refractivity contribution in [3.05, 3.63) is 108 Å². The van der Waals surface area contributed by atoms with E-state index in [-0.39, 0.29) is 6.61 Å². The van der Waals surface area contributed by atoms with E-state index >= 15 is 0 Å². The first-order chi connectivity index (χ1) is 19.4. The van der Waals surface area contributed by atoms with Crippen molar-refractivity contribution in [3.63, 3.8) is 0 Å². The minimum atomic E-state index is -1.51. The number of rotatable bonds is 11. The maximum absolute atomic E-state index is 13.4. The molecule has 1 unspecified atom stereocenters. The predicted octanol–water partition coefficient (Wildman–Crippen LogP) is 2.89. The largest absolute Gasteiger partial charge is 0.451 e. The molecule has 9 heteroatoms. The summed E-state index contributed by atoms with van der Waals surface area (Å²) in [7, 11) is 0. The lowest BCUT2D eigenvalue weighted by molar-refractivity contribution is -0.278. The molecule has 0 bridgehead atoms. The van der Waals surface area contributed by atoms with E-state index < -0.39 is 61.3 Å². The van der Waals surface area contributed by atoms with Crippen molar-refractivity contribution in [2.45, 2.75) is 63.3 Å². The van der Waals surface area contributed by atoms with E-state index in [0.29, 0.717) is 0 Å². The molecular weight excluding hydrogens is 514 g/mol. The Morgan fingerprint density at radius 1 is 0.900 bits per heavy atom. The molecule has 212 valence electrons. The molecule has 1 saturated heterocycles. The average molecular weight is 550 g/mol. The van der Waals surface area contributed by atoms with Crippen LogP contribution in [-0.2, 0) is 35.1 Å². The summed E-state index contributed by atoms with van der Waals surface area (Å²) in [4.78, 5) is 25.4. The molecule has 0 radical (unpaired) electrons. The van der Waals surface area contributed by atoms with Gasteiger partial charge < -0.3 is 34.5 Å². The third kappa shape index (κ3) is 7.53. The summed E-state index contributed by atoms with van der Waals surface area (Å²) in [5, 5.41) is 23.4. The number of amides is 1. The Kier molecular flexibility index (Phi) is 10.4. The van der Waals surface area contributed by atoms with Crippen molar-refractivity contribution in [2.75, 3.05) is 6.61 Å². The first-order valence-electron chi connectivity index (χ1n) is 13.2. The van der Waals surface area contributed by atoms with Crippen LogP contribution in [0.5, 0.6) is 0 Å². The van der Waals surface area contributed by atoms with Gasteiger partial charge in [0.15, 0.2) is 18.5 Å². The Morgan fingerprint density at radius 2 is 1.45 bits per heavy atom. The van der Waals surface area contributed by atoms with Gasteiger partial charge in [0.25, 0.3) is 0 Å². The van der Waals surface area contributed by atoms with Gasteiger partial charge >= 0.3 is 5.97 Å². The molecular formula is C31H35NO8. The van der Waals surface area contributed by atoms with Crippen LogP contribution in [0.4, 0.5) is 0 Å². The molecule has 1 aliphatic rings. The van der Waals surface area contributed by atoms with Crippen LogP contribution in [-0.4, -0.2) is 65.4 Å². The monoisotopic (exact) mass is 549 g/mol. The average Bonchev–Trinajstić information content (AvgIpc) is 2.98. The summed E-state index contributed by atoms with van der Waals surface area (Å²) in [5.74, 6) is -1.09. The molecule has 1 aliphatic heterocycles. The molecule has 3 aromatic carbocycles. The highest BCUT2D eigenvalue weighted by atomic mass is 16.7. The molecule has 1 fully saturated rings. The molecule has 1 amide bonds. The van der Waals surface area contributed by atoms with Crippen LogP contribution in [0.2, 0.25) is 0 Å². The van der Waals surface area contributed by atoms with Gasteiger partial charge in [-0.3, -0.25) is 4.79 Å². The van der Waals surface area contributed by atoms with Crippen molar-refractivity contribution in [1.82, 2.24) is 5.32 Å². The Morgan fingerprint density at radius 3 is 1.98 bits per heavy atom. The highest BCUT2D eigenvalue weighted by Crippen LogP contribution is 2.29. The normalized spacial score (nSPS) is 23.4. The highest BCUT2D eigenvalue weighted by molar-refractivity contribution is 5.75. The molecule has 1 heterocycles. The lowest BCUT2D eigenvalue weighted by atomic mass is 9.96. The van der Waals surface area contributed by atoms with Crippen molar-refractivity contribution < 1.29 is 38.7 Å². The van der Waals surface area contributed by atoms with Gasteiger partial charge in [0.1, 0.15) is 24.4 Å². The highest BCUT2D eigenvalue weighted by Gasteiger charge is 2.48. The van der Waals surface area contributed by atoms with Crippen LogP contribution in [0.25, 0.3) is 0 Å². The van der Waals surface area contributed by atoms with Crippen LogP contribution in [0, 0.1) is 0 Å². The van der Waals surface area contributed by atoms with E-state index in [4.69, 9.17) is 18.9 Å². The SMILES string of the molecule is CC(=O)N[C@@H]1[C@@H](OC(C)C(=O)OC(c2ccccc2)c2ccccc2)[C@H](OCc2ccccc2)[C@@H](CO)O[C@H]1O. The molecule has 0 aliphatic carbocycles. The fourth-order valence-corrected chi connectivity index (χ4v) is 4.67. The number of hydrogen-bond acceptors (Lipinski definition) is 8. The zero-order valence-corrected chi connectivity index (χ0v) is 22.5. The third-order valence-corrected chi connectivity index (χ3v) is 6.63. The smallest absolute Gasteiger partial charge is 0.335 e. The predicted molar refractivity (Wildman–Crippen MR) is 146 cm³/mol. The Hall–Kier alpha value is -3.60. The lowest BCUT2D eigenvalue weighted by Gasteiger charge is -2.45. The van der Waals surface area contributed by atoms with Gasteiger partial charge in [-0.25, -0.2) is 4.79 Å². The zero-order valence-electron chi connectivity index (χ0n) is 22.5. The molecule has 0 saturated carbocycles. The zero-order chi connectivity index (χ0) is 28.5. The second-order valence-corrected chi connectivity index (χ2v) is 9.62. The van der Waals surface area contributed by atoms with E-state index in [2.05, 4.69) is 5.32 Å². The number of benzene rings is 3. The van der Waals surface area contributed by atoms with Crippen LogP contribution in [0.1, 0.15) is 36.6 Å². The Bertz CT molecular complexity index is 1170. The van der Waals surface area contributed by atoms with Crippen molar-refractivity contribution in [3.8, 4) is 0 Å². The number of aliphatic hydroxyl groups is 2. The number of carbonyl (C=O) groups excluding carboxylic acids is 2. The van der Waals surface area contributed by atoms with E-state index in [0.717, 1.165) is 16.7 Å². The van der Waals surface area contributed by atoms with Crippen LogP contribution in [0.15, 0.2) is 91.0 Å². The molecule has 3 N–H and O–H groups in total. The summed E-state index contributed by atoms with van der Waals surface area (Å²) in [6, 6.07) is 27.0. The van der Waals surface area contributed by atoms with Crippen molar-refractivity contribution >= 4 is 11.9 Å². The van der Waals surface area contributed by atoms with Crippen LogP contribution >= 0.6 is 0 Å². The number of ether oxygens (including phenoxy) is 4. The second-order valence-electron chi connectivity index (χ2n) is 9.62. The third-order valence-electron chi connectivity index (χ3n) is 6.63. The summed E-state index contributed by atoms with van der Waals surface area (Å²) in [6.07, 6.45) is -6.26. The van der Waals surface area contributed by atoms with Gasteiger partial charge in [0.05, 0.1) is 13.2 Å². The second kappa shape index (κ2) is 14.2. The number of aliphatic hydroxyl groups excluding tert-OH is 2. The Labute approximate surface area is 233 Å². The maximum atomic E-state index is 13.4. The summed E-state index contributed by atoms with van der Waals surface area (Å²) < 4.78 is 23.8. The van der Waals surface area contributed by atoms with E-state index in [1.54, 1.807) is 0 Å². The fourth-order valence-electron chi connectivity index (χ4n) is 4.67. The molecule has 0 spiro atoms.